The Bertz CT molecular complexity index is 929. The third-order valence-corrected chi connectivity index (χ3v) is 5.19. The lowest BCUT2D eigenvalue weighted by atomic mass is 10.0. The summed E-state index contributed by atoms with van der Waals surface area (Å²) in [6.07, 6.45) is 0. The van der Waals surface area contributed by atoms with Gasteiger partial charge in [-0.15, -0.1) is 0 Å². The second-order valence-corrected chi connectivity index (χ2v) is 7.72. The Kier molecular flexibility index (Phi) is 4.59. The lowest BCUT2D eigenvalue weighted by Crippen LogP contribution is -2.43. The molecule has 0 atom stereocenters. The van der Waals surface area contributed by atoms with Crippen molar-refractivity contribution >= 4 is 33.6 Å². The molecule has 0 unspecified atom stereocenters. The number of hydrogen-bond donors (Lipinski definition) is 0. The highest BCUT2D eigenvalue weighted by Gasteiger charge is 2.51. The number of carbonyl (C=O) groups excluding carboxylic acids is 2. The van der Waals surface area contributed by atoms with Gasteiger partial charge in [0.15, 0.2) is 0 Å². The quantitative estimate of drug-likeness (QED) is 0.703. The van der Waals surface area contributed by atoms with Gasteiger partial charge in [0.05, 0.1) is 17.3 Å². The first-order valence-electron chi connectivity index (χ1n) is 8.17. The fourth-order valence-corrected chi connectivity index (χ4v) is 3.28. The van der Waals surface area contributed by atoms with Crippen LogP contribution in [0.4, 0.5) is 10.5 Å². The smallest absolute Gasteiger partial charge is 0.305 e. The summed E-state index contributed by atoms with van der Waals surface area (Å²) in [5.74, 6) is -0.274. The molecule has 0 spiro atoms. The number of urea groups is 1. The molecule has 0 aromatic heterocycles. The number of nitriles is 1. The van der Waals surface area contributed by atoms with Gasteiger partial charge in [-0.2, -0.15) is 5.26 Å². The average molecular weight is 412 g/mol. The van der Waals surface area contributed by atoms with E-state index in [1.165, 1.54) is 4.90 Å². The minimum absolute atomic E-state index is 0.274. The normalized spacial score (nSPS) is 16.1. The van der Waals surface area contributed by atoms with E-state index < -0.39 is 5.54 Å². The molecule has 132 valence electrons. The van der Waals surface area contributed by atoms with Gasteiger partial charge >= 0.3 is 6.03 Å². The van der Waals surface area contributed by atoms with Crippen LogP contribution < -0.4 is 4.90 Å². The predicted molar refractivity (Wildman–Crippen MR) is 103 cm³/mol. The molecule has 0 radical (unpaired) electrons. The molecule has 3 amide bonds. The SMILES string of the molecule is Cc1cc(N2C(=O)N(Cc3ccc(Br)cc3)C(C)(C)C2=O)ccc1C#N. The van der Waals surface area contributed by atoms with Crippen LogP contribution >= 0.6 is 15.9 Å². The molecule has 1 aliphatic heterocycles. The Hall–Kier alpha value is -2.65. The van der Waals surface area contributed by atoms with E-state index in [0.717, 1.165) is 15.6 Å². The molecule has 0 saturated carbocycles. The van der Waals surface area contributed by atoms with E-state index in [2.05, 4.69) is 22.0 Å². The molecule has 0 N–H and O–H groups in total. The van der Waals surface area contributed by atoms with E-state index in [1.54, 1.807) is 43.9 Å². The van der Waals surface area contributed by atoms with Crippen molar-refractivity contribution in [2.24, 2.45) is 0 Å². The fraction of sp³-hybridized carbons (Fsp3) is 0.250. The predicted octanol–water partition coefficient (Wildman–Crippen LogP) is 4.38. The van der Waals surface area contributed by atoms with E-state index in [0.29, 0.717) is 17.8 Å². The molecular formula is C20H18BrN3O2. The molecule has 1 saturated heterocycles. The highest BCUT2D eigenvalue weighted by Crippen LogP contribution is 2.34. The molecule has 3 rings (SSSR count). The number of halogens is 1. The first-order chi connectivity index (χ1) is 12.3. The monoisotopic (exact) mass is 411 g/mol. The summed E-state index contributed by atoms with van der Waals surface area (Å²) in [5, 5.41) is 9.08. The topological polar surface area (TPSA) is 64.4 Å². The maximum Gasteiger partial charge on any atom is 0.332 e. The van der Waals surface area contributed by atoms with Gasteiger partial charge in [0, 0.05) is 11.0 Å². The minimum atomic E-state index is -0.952. The first-order valence-corrected chi connectivity index (χ1v) is 8.96. The van der Waals surface area contributed by atoms with E-state index in [1.807, 2.05) is 24.3 Å². The summed E-state index contributed by atoms with van der Waals surface area (Å²) >= 11 is 3.39. The van der Waals surface area contributed by atoms with Gasteiger partial charge in [-0.3, -0.25) is 4.79 Å². The highest BCUT2D eigenvalue weighted by atomic mass is 79.9. The van der Waals surface area contributed by atoms with Crippen LogP contribution in [0, 0.1) is 18.3 Å². The zero-order chi connectivity index (χ0) is 19.1. The van der Waals surface area contributed by atoms with Crippen molar-refractivity contribution in [3.63, 3.8) is 0 Å². The van der Waals surface area contributed by atoms with Crippen molar-refractivity contribution in [3.8, 4) is 6.07 Å². The van der Waals surface area contributed by atoms with Crippen LogP contribution in [0.1, 0.15) is 30.5 Å². The van der Waals surface area contributed by atoms with Crippen molar-refractivity contribution in [2.45, 2.75) is 32.9 Å². The van der Waals surface area contributed by atoms with Gasteiger partial charge in [-0.1, -0.05) is 28.1 Å². The van der Waals surface area contributed by atoms with Gasteiger partial charge in [-0.05, 0) is 62.2 Å². The van der Waals surface area contributed by atoms with Gasteiger partial charge < -0.3 is 4.90 Å². The third-order valence-electron chi connectivity index (χ3n) is 4.67. The average Bonchev–Trinajstić information content (AvgIpc) is 2.76. The Morgan fingerprint density at radius 3 is 2.35 bits per heavy atom. The van der Waals surface area contributed by atoms with Crippen LogP contribution in [0.25, 0.3) is 0 Å². The molecule has 0 aliphatic carbocycles. The number of imide groups is 1. The van der Waals surface area contributed by atoms with Gasteiger partial charge in [0.2, 0.25) is 0 Å². The number of hydrogen-bond acceptors (Lipinski definition) is 3. The summed E-state index contributed by atoms with van der Waals surface area (Å²) < 4.78 is 0.957. The van der Waals surface area contributed by atoms with Gasteiger partial charge in [-0.25, -0.2) is 9.69 Å². The fourth-order valence-electron chi connectivity index (χ4n) is 3.01. The summed E-state index contributed by atoms with van der Waals surface area (Å²) in [7, 11) is 0. The Morgan fingerprint density at radius 1 is 1.12 bits per heavy atom. The highest BCUT2D eigenvalue weighted by molar-refractivity contribution is 9.10. The standard InChI is InChI=1S/C20H18BrN3O2/c1-13-10-17(9-6-15(13)11-22)24-18(25)20(2,3)23(19(24)26)12-14-4-7-16(21)8-5-14/h4-10H,12H2,1-3H3. The van der Waals surface area contributed by atoms with Gasteiger partial charge in [0.25, 0.3) is 5.91 Å². The maximum absolute atomic E-state index is 13.0. The molecule has 2 aromatic rings. The van der Waals surface area contributed by atoms with Gasteiger partial charge in [0.1, 0.15) is 5.54 Å². The zero-order valence-corrected chi connectivity index (χ0v) is 16.4. The number of aryl methyl sites for hydroxylation is 1. The van der Waals surface area contributed by atoms with Crippen LogP contribution in [-0.4, -0.2) is 22.4 Å². The Morgan fingerprint density at radius 2 is 1.77 bits per heavy atom. The molecule has 1 fully saturated rings. The molecule has 1 aliphatic rings. The Labute approximate surface area is 161 Å². The van der Waals surface area contributed by atoms with Crippen LogP contribution in [0.2, 0.25) is 0 Å². The molecule has 5 nitrogen and oxygen atoms in total. The molecule has 2 aromatic carbocycles. The number of benzene rings is 2. The molecule has 26 heavy (non-hydrogen) atoms. The second-order valence-electron chi connectivity index (χ2n) is 6.81. The van der Waals surface area contributed by atoms with Crippen LogP contribution in [-0.2, 0) is 11.3 Å². The van der Waals surface area contributed by atoms with Crippen molar-refractivity contribution < 1.29 is 9.59 Å². The molecular weight excluding hydrogens is 394 g/mol. The summed E-state index contributed by atoms with van der Waals surface area (Å²) in [6.45, 7) is 5.64. The second kappa shape index (κ2) is 6.58. The van der Waals surface area contributed by atoms with Crippen LogP contribution in [0.15, 0.2) is 46.9 Å². The number of anilines is 1. The Balaban J connectivity index is 1.95. The molecule has 1 heterocycles. The lowest BCUT2D eigenvalue weighted by Gasteiger charge is -2.27. The first kappa shape index (κ1) is 18.2. The summed E-state index contributed by atoms with van der Waals surface area (Å²) in [6, 6.07) is 14.4. The maximum atomic E-state index is 13.0. The number of carbonyl (C=O) groups is 2. The van der Waals surface area contributed by atoms with Crippen molar-refractivity contribution in [1.29, 1.82) is 5.26 Å². The van der Waals surface area contributed by atoms with E-state index in [4.69, 9.17) is 5.26 Å². The molecule has 0 bridgehead atoms. The zero-order valence-electron chi connectivity index (χ0n) is 14.8. The van der Waals surface area contributed by atoms with E-state index >= 15 is 0 Å². The van der Waals surface area contributed by atoms with Crippen molar-refractivity contribution in [2.75, 3.05) is 4.90 Å². The summed E-state index contributed by atoms with van der Waals surface area (Å²) in [5.41, 5.74) is 1.74. The molecule has 6 heteroatoms. The van der Waals surface area contributed by atoms with Crippen LogP contribution in [0.5, 0.6) is 0 Å². The lowest BCUT2D eigenvalue weighted by molar-refractivity contribution is -0.123. The third kappa shape index (κ3) is 2.99. The number of amides is 3. The number of nitrogens with zero attached hydrogens (tertiary/aromatic N) is 3. The van der Waals surface area contributed by atoms with E-state index in [9.17, 15) is 9.59 Å². The number of rotatable bonds is 3. The minimum Gasteiger partial charge on any atom is -0.305 e. The largest absolute Gasteiger partial charge is 0.332 e. The van der Waals surface area contributed by atoms with Crippen LogP contribution in [0.3, 0.4) is 0 Å². The van der Waals surface area contributed by atoms with Crippen molar-refractivity contribution in [1.82, 2.24) is 4.90 Å². The van der Waals surface area contributed by atoms with E-state index in [-0.39, 0.29) is 11.9 Å². The van der Waals surface area contributed by atoms with Crippen molar-refractivity contribution in [3.05, 3.63) is 63.6 Å². The summed E-state index contributed by atoms with van der Waals surface area (Å²) in [4.78, 5) is 28.8.